The van der Waals surface area contributed by atoms with Gasteiger partial charge in [-0.25, -0.2) is 4.79 Å². The minimum Gasteiger partial charge on any atom is -0.478 e. The van der Waals surface area contributed by atoms with Crippen molar-refractivity contribution >= 4 is 17.6 Å². The predicted molar refractivity (Wildman–Crippen MR) is 67.5 cm³/mol. The van der Waals surface area contributed by atoms with Crippen LogP contribution in [0.4, 0.5) is 5.69 Å². The number of hydrogen-bond donors (Lipinski definition) is 1. The largest absolute Gasteiger partial charge is 0.478 e. The van der Waals surface area contributed by atoms with Gasteiger partial charge in [-0.1, -0.05) is 0 Å². The summed E-state index contributed by atoms with van der Waals surface area (Å²) in [5, 5.41) is 8.94. The van der Waals surface area contributed by atoms with Gasteiger partial charge in [0.1, 0.15) is 0 Å². The van der Waals surface area contributed by atoms with E-state index < -0.39 is 5.97 Å². The van der Waals surface area contributed by atoms with E-state index in [9.17, 15) is 9.59 Å². The number of benzene rings is 1. The first-order valence-electron chi connectivity index (χ1n) is 5.73. The van der Waals surface area contributed by atoms with Crippen LogP contribution in [0.1, 0.15) is 28.8 Å². The monoisotopic (exact) mass is 243 g/mol. The fourth-order valence-electron chi connectivity index (χ4n) is 2.11. The fourth-order valence-corrected chi connectivity index (χ4v) is 2.11. The molecular formula is C14H13NO3. The van der Waals surface area contributed by atoms with E-state index in [1.165, 1.54) is 6.07 Å². The van der Waals surface area contributed by atoms with E-state index in [4.69, 9.17) is 11.5 Å². The second-order valence-corrected chi connectivity index (χ2v) is 4.15. The maximum absolute atomic E-state index is 11.8. The zero-order chi connectivity index (χ0) is 13.1. The van der Waals surface area contributed by atoms with E-state index in [1.54, 1.807) is 17.0 Å². The third-order valence-corrected chi connectivity index (χ3v) is 3.01. The van der Waals surface area contributed by atoms with Crippen LogP contribution >= 0.6 is 0 Å². The van der Waals surface area contributed by atoms with E-state index in [0.29, 0.717) is 25.8 Å². The standard InChI is InChI=1S/C14H13NO3/c1-2-3-8-15-12-6-4-11(14(17)18)9-10(12)5-7-13(15)16/h1,4,6,9H,3,5,7-8H2,(H,17,18). The highest BCUT2D eigenvalue weighted by molar-refractivity contribution is 5.97. The lowest BCUT2D eigenvalue weighted by atomic mass is 9.98. The van der Waals surface area contributed by atoms with Gasteiger partial charge in [-0.05, 0) is 30.2 Å². The average Bonchev–Trinajstić information content (AvgIpc) is 2.37. The molecule has 1 amide bonds. The molecule has 0 aromatic heterocycles. The molecule has 0 aliphatic carbocycles. The van der Waals surface area contributed by atoms with Crippen LogP contribution < -0.4 is 4.90 Å². The number of nitrogens with zero attached hydrogens (tertiary/aromatic N) is 1. The lowest BCUT2D eigenvalue weighted by Crippen LogP contribution is -2.35. The summed E-state index contributed by atoms with van der Waals surface area (Å²) in [7, 11) is 0. The molecule has 0 bridgehead atoms. The van der Waals surface area contributed by atoms with Gasteiger partial charge < -0.3 is 10.0 Å². The van der Waals surface area contributed by atoms with Crippen molar-refractivity contribution < 1.29 is 14.7 Å². The van der Waals surface area contributed by atoms with E-state index in [1.807, 2.05) is 0 Å². The Morgan fingerprint density at radius 2 is 2.22 bits per heavy atom. The molecule has 1 aromatic carbocycles. The molecule has 0 saturated heterocycles. The first kappa shape index (κ1) is 12.2. The number of rotatable bonds is 3. The van der Waals surface area contributed by atoms with Crippen molar-refractivity contribution in [1.82, 2.24) is 0 Å². The molecule has 0 atom stereocenters. The highest BCUT2D eigenvalue weighted by Gasteiger charge is 2.24. The first-order chi connectivity index (χ1) is 8.63. The predicted octanol–water partition coefficient (Wildman–Crippen LogP) is 1.69. The number of carbonyl (C=O) groups excluding carboxylic acids is 1. The van der Waals surface area contributed by atoms with Gasteiger partial charge in [0.15, 0.2) is 0 Å². The van der Waals surface area contributed by atoms with E-state index in [-0.39, 0.29) is 11.5 Å². The number of aryl methyl sites for hydroxylation is 1. The second-order valence-electron chi connectivity index (χ2n) is 4.15. The molecule has 0 saturated carbocycles. The molecule has 18 heavy (non-hydrogen) atoms. The van der Waals surface area contributed by atoms with Crippen LogP contribution in [-0.4, -0.2) is 23.5 Å². The number of hydrogen-bond acceptors (Lipinski definition) is 2. The van der Waals surface area contributed by atoms with Gasteiger partial charge in [-0.15, -0.1) is 12.3 Å². The van der Waals surface area contributed by atoms with Crippen molar-refractivity contribution in [2.45, 2.75) is 19.3 Å². The number of carbonyl (C=O) groups is 2. The van der Waals surface area contributed by atoms with Crippen LogP contribution in [0.15, 0.2) is 18.2 Å². The Labute approximate surface area is 105 Å². The third kappa shape index (κ3) is 2.21. The summed E-state index contributed by atoms with van der Waals surface area (Å²) >= 11 is 0. The van der Waals surface area contributed by atoms with Crippen LogP contribution in [-0.2, 0) is 11.2 Å². The second kappa shape index (κ2) is 4.92. The summed E-state index contributed by atoms with van der Waals surface area (Å²) in [6.07, 6.45) is 6.69. The van der Waals surface area contributed by atoms with Crippen molar-refractivity contribution in [2.75, 3.05) is 11.4 Å². The summed E-state index contributed by atoms with van der Waals surface area (Å²) in [6, 6.07) is 4.84. The molecule has 0 unspecified atom stereocenters. The maximum Gasteiger partial charge on any atom is 0.335 e. The van der Waals surface area contributed by atoms with E-state index in [2.05, 4.69) is 5.92 Å². The quantitative estimate of drug-likeness (QED) is 0.822. The minimum atomic E-state index is -0.954. The Kier molecular flexibility index (Phi) is 3.33. The highest BCUT2D eigenvalue weighted by atomic mass is 16.4. The summed E-state index contributed by atoms with van der Waals surface area (Å²) in [5.41, 5.74) is 1.93. The fraction of sp³-hybridized carbons (Fsp3) is 0.286. The number of terminal acetylenes is 1. The number of carboxylic acid groups (broad SMARTS) is 1. The molecule has 1 N–H and O–H groups in total. The molecular weight excluding hydrogens is 230 g/mol. The minimum absolute atomic E-state index is 0.0424. The molecule has 0 fully saturated rings. The normalized spacial score (nSPS) is 13.9. The Hall–Kier alpha value is -2.28. The molecule has 0 spiro atoms. The number of carboxylic acids is 1. The van der Waals surface area contributed by atoms with Gasteiger partial charge in [-0.2, -0.15) is 0 Å². The van der Waals surface area contributed by atoms with Crippen LogP contribution in [0.5, 0.6) is 0 Å². The first-order valence-corrected chi connectivity index (χ1v) is 5.73. The summed E-state index contributed by atoms with van der Waals surface area (Å²) in [4.78, 5) is 24.4. The third-order valence-electron chi connectivity index (χ3n) is 3.01. The van der Waals surface area contributed by atoms with Gasteiger partial charge >= 0.3 is 5.97 Å². The van der Waals surface area contributed by atoms with Crippen molar-refractivity contribution in [2.24, 2.45) is 0 Å². The molecule has 0 radical (unpaired) electrons. The van der Waals surface area contributed by atoms with Crippen LogP contribution in [0, 0.1) is 12.3 Å². The van der Waals surface area contributed by atoms with Gasteiger partial charge in [0.2, 0.25) is 5.91 Å². The van der Waals surface area contributed by atoms with Gasteiger partial charge in [-0.3, -0.25) is 4.79 Å². The van der Waals surface area contributed by atoms with Gasteiger partial charge in [0.05, 0.1) is 5.56 Å². The lowest BCUT2D eigenvalue weighted by Gasteiger charge is -2.29. The molecule has 2 rings (SSSR count). The molecule has 1 aliphatic rings. The van der Waals surface area contributed by atoms with Crippen LogP contribution in [0.3, 0.4) is 0 Å². The highest BCUT2D eigenvalue weighted by Crippen LogP contribution is 2.28. The number of aromatic carboxylic acids is 1. The number of amides is 1. The van der Waals surface area contributed by atoms with Crippen molar-refractivity contribution in [1.29, 1.82) is 0 Å². The van der Waals surface area contributed by atoms with Crippen molar-refractivity contribution in [3.05, 3.63) is 29.3 Å². The summed E-state index contributed by atoms with van der Waals surface area (Å²) in [6.45, 7) is 0.481. The summed E-state index contributed by atoms with van der Waals surface area (Å²) in [5.74, 6) is 1.60. The average molecular weight is 243 g/mol. The molecule has 4 heteroatoms. The Balaban J connectivity index is 2.36. The lowest BCUT2D eigenvalue weighted by molar-refractivity contribution is -0.118. The Morgan fingerprint density at radius 1 is 1.44 bits per heavy atom. The maximum atomic E-state index is 11.8. The van der Waals surface area contributed by atoms with Crippen LogP contribution in [0.25, 0.3) is 0 Å². The Morgan fingerprint density at radius 3 is 2.89 bits per heavy atom. The SMILES string of the molecule is C#CCCN1C(=O)CCc2cc(C(=O)O)ccc21. The van der Waals surface area contributed by atoms with Gasteiger partial charge in [0.25, 0.3) is 0 Å². The number of anilines is 1. The zero-order valence-electron chi connectivity index (χ0n) is 9.85. The smallest absolute Gasteiger partial charge is 0.335 e. The molecule has 1 heterocycles. The zero-order valence-corrected chi connectivity index (χ0v) is 9.85. The van der Waals surface area contributed by atoms with E-state index in [0.717, 1.165) is 11.3 Å². The summed E-state index contributed by atoms with van der Waals surface area (Å²) < 4.78 is 0. The molecule has 1 aliphatic heterocycles. The van der Waals surface area contributed by atoms with Crippen LogP contribution in [0.2, 0.25) is 0 Å². The van der Waals surface area contributed by atoms with Crippen molar-refractivity contribution in [3.8, 4) is 12.3 Å². The van der Waals surface area contributed by atoms with E-state index >= 15 is 0 Å². The molecule has 1 aromatic rings. The molecule has 92 valence electrons. The van der Waals surface area contributed by atoms with Crippen molar-refractivity contribution in [3.63, 3.8) is 0 Å². The Bertz CT molecular complexity index is 542. The topological polar surface area (TPSA) is 57.6 Å². The number of fused-ring (bicyclic) bond motifs is 1. The van der Waals surface area contributed by atoms with Gasteiger partial charge in [0, 0.05) is 25.1 Å². The molecule has 4 nitrogen and oxygen atoms in total.